The molecule has 1 aromatic rings. The molecule has 84 valence electrons. The second-order valence-corrected chi connectivity index (χ2v) is 5.98. The van der Waals surface area contributed by atoms with Crippen LogP contribution in [0, 0.1) is 6.92 Å². The maximum Gasteiger partial charge on any atom is 0.152 e. The molecule has 0 aromatic carbocycles. The highest BCUT2D eigenvalue weighted by molar-refractivity contribution is 7.91. The smallest absolute Gasteiger partial charge is 0.152 e. The number of nitrogens with zero attached hydrogens (tertiary/aromatic N) is 2. The van der Waals surface area contributed by atoms with E-state index < -0.39 is 21.2 Å². The number of sulfone groups is 1. The van der Waals surface area contributed by atoms with Gasteiger partial charge in [-0.25, -0.2) is 8.42 Å². The third-order valence-corrected chi connectivity index (χ3v) is 3.85. The van der Waals surface area contributed by atoms with E-state index in [-0.39, 0.29) is 5.69 Å². The number of aliphatic hydroxyl groups excluding tert-OH is 1. The molecule has 1 rings (SSSR count). The molecule has 5 nitrogen and oxygen atoms in total. The average Bonchev–Trinajstić information content (AvgIpc) is 2.15. The normalized spacial score (nSPS) is 16.0. The first-order chi connectivity index (χ1) is 6.82. The van der Waals surface area contributed by atoms with Crippen molar-refractivity contribution in [3.05, 3.63) is 23.5 Å². The van der Waals surface area contributed by atoms with E-state index in [1.807, 2.05) is 0 Å². The van der Waals surface area contributed by atoms with Crippen LogP contribution in [0.25, 0.3) is 0 Å². The van der Waals surface area contributed by atoms with Crippen LogP contribution in [0.15, 0.2) is 12.1 Å². The van der Waals surface area contributed by atoms with Crippen molar-refractivity contribution in [1.29, 1.82) is 0 Å². The van der Waals surface area contributed by atoms with Gasteiger partial charge < -0.3 is 5.11 Å². The Bertz CT molecular complexity index is 427. The molecule has 6 heteroatoms. The maximum atomic E-state index is 11.2. The largest absolute Gasteiger partial charge is 0.385 e. The molecule has 0 saturated heterocycles. The molecule has 0 fully saturated rings. The van der Waals surface area contributed by atoms with Gasteiger partial charge in [-0.1, -0.05) is 0 Å². The van der Waals surface area contributed by atoms with Crippen molar-refractivity contribution in [1.82, 2.24) is 10.2 Å². The van der Waals surface area contributed by atoms with E-state index in [0.717, 1.165) is 11.9 Å². The van der Waals surface area contributed by atoms with Crippen LogP contribution in [0.2, 0.25) is 0 Å². The zero-order valence-electron chi connectivity index (χ0n) is 8.88. The Morgan fingerprint density at radius 1 is 1.33 bits per heavy atom. The lowest BCUT2D eigenvalue weighted by molar-refractivity contribution is 0.170. The van der Waals surface area contributed by atoms with Crippen molar-refractivity contribution in [2.45, 2.75) is 25.2 Å². The van der Waals surface area contributed by atoms with Crippen LogP contribution in [-0.4, -0.2) is 35.2 Å². The fourth-order valence-electron chi connectivity index (χ4n) is 1.04. The monoisotopic (exact) mass is 230 g/mol. The summed E-state index contributed by atoms with van der Waals surface area (Å²) < 4.78 is 22.4. The van der Waals surface area contributed by atoms with Crippen molar-refractivity contribution < 1.29 is 13.5 Å². The van der Waals surface area contributed by atoms with Crippen molar-refractivity contribution in [2.24, 2.45) is 0 Å². The second kappa shape index (κ2) is 4.24. The molecule has 1 heterocycles. The van der Waals surface area contributed by atoms with Crippen molar-refractivity contribution in [3.63, 3.8) is 0 Å². The van der Waals surface area contributed by atoms with Crippen molar-refractivity contribution in [2.75, 3.05) is 6.26 Å². The zero-order chi connectivity index (χ0) is 11.6. The Morgan fingerprint density at radius 3 is 2.33 bits per heavy atom. The van der Waals surface area contributed by atoms with Gasteiger partial charge in [0.1, 0.15) is 6.10 Å². The number of hydrogen-bond donors (Lipinski definition) is 1. The minimum absolute atomic E-state index is 0.276. The molecular formula is C9H14N2O3S. The number of aliphatic hydroxyl groups is 1. The Kier molecular flexibility index (Phi) is 3.41. The van der Waals surface area contributed by atoms with Gasteiger partial charge >= 0.3 is 0 Å². The molecule has 0 aliphatic heterocycles. The summed E-state index contributed by atoms with van der Waals surface area (Å²) in [5.41, 5.74) is 0.997. The van der Waals surface area contributed by atoms with Gasteiger partial charge in [-0.15, -0.1) is 0 Å². The lowest BCUT2D eigenvalue weighted by atomic mass is 10.2. The molecule has 1 aromatic heterocycles. The van der Waals surface area contributed by atoms with E-state index in [0.29, 0.717) is 0 Å². The molecule has 1 N–H and O–H groups in total. The summed E-state index contributed by atoms with van der Waals surface area (Å²) in [4.78, 5) is 0. The van der Waals surface area contributed by atoms with Crippen LogP contribution in [0.1, 0.15) is 24.4 Å². The second-order valence-electron chi connectivity index (χ2n) is 3.58. The van der Waals surface area contributed by atoms with Crippen LogP contribution in [-0.2, 0) is 9.84 Å². The summed E-state index contributed by atoms with van der Waals surface area (Å²) in [5.74, 6) is 0. The fraction of sp³-hybridized carbons (Fsp3) is 0.556. The van der Waals surface area contributed by atoms with Crippen LogP contribution in [0.3, 0.4) is 0 Å². The number of aromatic nitrogens is 2. The number of aryl methyl sites for hydroxylation is 1. The van der Waals surface area contributed by atoms with Gasteiger partial charge in [0.05, 0.1) is 16.6 Å². The van der Waals surface area contributed by atoms with Crippen molar-refractivity contribution in [3.8, 4) is 0 Å². The number of hydrogen-bond acceptors (Lipinski definition) is 5. The van der Waals surface area contributed by atoms with Gasteiger partial charge in [-0.3, -0.25) is 0 Å². The summed E-state index contributed by atoms with van der Waals surface area (Å²) in [7, 11) is -3.28. The Labute approximate surface area is 89.1 Å². The van der Waals surface area contributed by atoms with Crippen LogP contribution in [0.4, 0.5) is 0 Å². The van der Waals surface area contributed by atoms with Crippen LogP contribution in [0.5, 0.6) is 0 Å². The fourth-order valence-corrected chi connectivity index (χ4v) is 1.65. The minimum Gasteiger partial charge on any atom is -0.385 e. The molecule has 0 bridgehead atoms. The summed E-state index contributed by atoms with van der Waals surface area (Å²) >= 11 is 0. The molecule has 0 unspecified atom stereocenters. The quantitative estimate of drug-likeness (QED) is 0.805. The van der Waals surface area contributed by atoms with Crippen LogP contribution < -0.4 is 0 Å². The Balaban J connectivity index is 2.95. The molecule has 0 saturated carbocycles. The molecular weight excluding hydrogens is 216 g/mol. The summed E-state index contributed by atoms with van der Waals surface area (Å²) in [6, 6.07) is 3.26. The first-order valence-corrected chi connectivity index (χ1v) is 6.45. The SMILES string of the molecule is Cc1ccc([C@@H](O)[C@H](C)S(C)(=O)=O)nn1. The zero-order valence-corrected chi connectivity index (χ0v) is 9.69. The summed E-state index contributed by atoms with van der Waals surface area (Å²) in [6.45, 7) is 3.21. The van der Waals surface area contributed by atoms with E-state index in [4.69, 9.17) is 0 Å². The van der Waals surface area contributed by atoms with Crippen molar-refractivity contribution >= 4 is 9.84 Å². The molecule has 0 aliphatic rings. The van der Waals surface area contributed by atoms with E-state index in [1.165, 1.54) is 6.92 Å². The lowest BCUT2D eigenvalue weighted by Crippen LogP contribution is -2.25. The minimum atomic E-state index is -3.28. The molecule has 0 radical (unpaired) electrons. The van der Waals surface area contributed by atoms with Gasteiger partial charge in [0.15, 0.2) is 9.84 Å². The third kappa shape index (κ3) is 2.97. The van der Waals surface area contributed by atoms with E-state index in [1.54, 1.807) is 19.1 Å². The highest BCUT2D eigenvalue weighted by Gasteiger charge is 2.26. The third-order valence-electron chi connectivity index (χ3n) is 2.24. The highest BCUT2D eigenvalue weighted by Crippen LogP contribution is 2.18. The first kappa shape index (κ1) is 12.1. The van der Waals surface area contributed by atoms with Gasteiger partial charge in [0.25, 0.3) is 0 Å². The van der Waals surface area contributed by atoms with E-state index >= 15 is 0 Å². The molecule has 0 amide bonds. The standard InChI is InChI=1S/C9H14N2O3S/c1-6-4-5-8(11-10-6)9(12)7(2)15(3,13)14/h4-5,7,9,12H,1-3H3/t7-,9-/m0/s1. The van der Waals surface area contributed by atoms with Gasteiger partial charge in [0.2, 0.25) is 0 Å². The molecule has 0 spiro atoms. The Morgan fingerprint density at radius 2 is 1.93 bits per heavy atom. The first-order valence-electron chi connectivity index (χ1n) is 4.49. The molecule has 15 heavy (non-hydrogen) atoms. The highest BCUT2D eigenvalue weighted by atomic mass is 32.2. The van der Waals surface area contributed by atoms with E-state index in [9.17, 15) is 13.5 Å². The summed E-state index contributed by atoms with van der Waals surface area (Å²) in [6.07, 6.45) is -0.0456. The lowest BCUT2D eigenvalue weighted by Gasteiger charge is -2.15. The number of rotatable bonds is 3. The Hall–Kier alpha value is -1.01. The molecule has 2 atom stereocenters. The van der Waals surface area contributed by atoms with Gasteiger partial charge in [0, 0.05) is 6.26 Å². The van der Waals surface area contributed by atoms with Crippen LogP contribution >= 0.6 is 0 Å². The summed E-state index contributed by atoms with van der Waals surface area (Å²) in [5, 5.41) is 16.4. The predicted octanol–water partition coefficient (Wildman–Crippen LogP) is 0.252. The predicted molar refractivity (Wildman–Crippen MR) is 56.0 cm³/mol. The van der Waals surface area contributed by atoms with Gasteiger partial charge in [-0.05, 0) is 26.0 Å². The van der Waals surface area contributed by atoms with Gasteiger partial charge in [-0.2, -0.15) is 10.2 Å². The molecule has 0 aliphatic carbocycles. The maximum absolute atomic E-state index is 11.2. The van der Waals surface area contributed by atoms with E-state index in [2.05, 4.69) is 10.2 Å². The topological polar surface area (TPSA) is 80.1 Å². The average molecular weight is 230 g/mol.